The largest absolute Gasteiger partial charge is 0.457 e. The molecular weight excluding hydrogens is 496 g/mol. The maximum Gasteiger partial charge on any atom is 0.333 e. The lowest BCUT2D eigenvalue weighted by Gasteiger charge is -2.26. The van der Waals surface area contributed by atoms with E-state index in [1.807, 2.05) is 0 Å². The molecule has 0 spiro atoms. The molecule has 0 saturated carbocycles. The summed E-state index contributed by atoms with van der Waals surface area (Å²) in [4.78, 5) is 12.2. The van der Waals surface area contributed by atoms with Gasteiger partial charge in [0.2, 0.25) is 0 Å². The second kappa shape index (κ2) is 15.0. The lowest BCUT2D eigenvalue weighted by molar-refractivity contribution is -0.140. The fraction of sp³-hybridized carbons (Fsp3) is 0.400. The number of esters is 1. The Bertz CT molecular complexity index is 1210. The number of carbonyl (C=O) groups excluding carboxylic acids is 1. The van der Waals surface area contributed by atoms with E-state index in [9.17, 15) is 4.79 Å². The lowest BCUT2D eigenvalue weighted by Crippen LogP contribution is -2.43. The maximum atomic E-state index is 12.2. The van der Waals surface area contributed by atoms with Gasteiger partial charge in [0, 0.05) is 12.2 Å². The summed E-state index contributed by atoms with van der Waals surface area (Å²) in [6.45, 7) is 12.9. The van der Waals surface area contributed by atoms with Crippen LogP contribution < -0.4 is 5.19 Å². The van der Waals surface area contributed by atoms with E-state index in [-0.39, 0.29) is 19.2 Å². The van der Waals surface area contributed by atoms with E-state index in [4.69, 9.17) is 9.84 Å². The molecule has 0 unspecified atom stereocenters. The number of hydrogen-bond donors (Lipinski definition) is 1. The van der Waals surface area contributed by atoms with Crippen LogP contribution in [-0.2, 0) is 22.6 Å². The fourth-order valence-corrected chi connectivity index (χ4v) is 8.06. The molecule has 0 amide bonds. The summed E-state index contributed by atoms with van der Waals surface area (Å²) < 4.78 is 5.63. The first-order valence-electron chi connectivity index (χ1n) is 14.5. The number of rotatable bonds is 15. The monoisotopic (exact) mass is 542 g/mol. The summed E-state index contributed by atoms with van der Waals surface area (Å²) in [7, 11) is -1.76. The molecule has 39 heavy (non-hydrogen) atoms. The molecule has 0 aromatic heterocycles. The van der Waals surface area contributed by atoms with Crippen molar-refractivity contribution >= 4 is 19.2 Å². The van der Waals surface area contributed by atoms with E-state index in [2.05, 4.69) is 93.3 Å². The number of hydrogen-bond acceptors (Lipinski definition) is 3. The van der Waals surface area contributed by atoms with E-state index in [0.29, 0.717) is 5.57 Å². The van der Waals surface area contributed by atoms with Gasteiger partial charge in [-0.3, -0.25) is 0 Å². The summed E-state index contributed by atoms with van der Waals surface area (Å²) in [5, 5.41) is 10.5. The smallest absolute Gasteiger partial charge is 0.333 e. The van der Waals surface area contributed by atoms with E-state index in [0.717, 1.165) is 48.4 Å². The van der Waals surface area contributed by atoms with Crippen LogP contribution in [0.25, 0.3) is 22.3 Å². The average Bonchev–Trinajstić information content (AvgIpc) is 2.94. The third kappa shape index (κ3) is 9.05. The van der Waals surface area contributed by atoms with Gasteiger partial charge >= 0.3 is 5.97 Å². The van der Waals surface area contributed by atoms with Gasteiger partial charge in [-0.05, 0) is 65.6 Å². The van der Waals surface area contributed by atoms with Crippen LogP contribution >= 0.6 is 0 Å². The number of aliphatic hydroxyl groups is 1. The molecule has 0 saturated heterocycles. The van der Waals surface area contributed by atoms with Gasteiger partial charge in [0.05, 0.1) is 8.07 Å². The molecule has 3 aromatic rings. The van der Waals surface area contributed by atoms with Crippen molar-refractivity contribution < 1.29 is 14.6 Å². The number of aryl methyl sites for hydroxylation is 1. The summed E-state index contributed by atoms with van der Waals surface area (Å²) in [5.74, 6) is -0.352. The Balaban J connectivity index is 1.82. The van der Waals surface area contributed by atoms with Crippen molar-refractivity contribution in [2.75, 3.05) is 6.61 Å². The Morgan fingerprint density at radius 1 is 0.821 bits per heavy atom. The minimum atomic E-state index is -1.76. The highest BCUT2D eigenvalue weighted by atomic mass is 28.3. The van der Waals surface area contributed by atoms with Crippen molar-refractivity contribution in [2.45, 2.75) is 84.5 Å². The molecule has 0 fully saturated rings. The van der Waals surface area contributed by atoms with Gasteiger partial charge in [-0.25, -0.2) is 4.79 Å². The minimum Gasteiger partial charge on any atom is -0.457 e. The zero-order valence-corrected chi connectivity index (χ0v) is 25.4. The normalized spacial score (nSPS) is 11.4. The molecule has 0 radical (unpaired) electrons. The van der Waals surface area contributed by atoms with E-state index in [1.165, 1.54) is 41.1 Å². The van der Waals surface area contributed by atoms with Crippen LogP contribution in [0.5, 0.6) is 0 Å². The predicted octanol–water partition coefficient (Wildman–Crippen LogP) is 8.45. The highest BCUT2D eigenvalue weighted by Crippen LogP contribution is 2.27. The van der Waals surface area contributed by atoms with Crippen molar-refractivity contribution in [3.05, 3.63) is 90.0 Å². The van der Waals surface area contributed by atoms with Crippen LogP contribution in [-0.4, -0.2) is 25.8 Å². The molecule has 0 aliphatic rings. The first-order chi connectivity index (χ1) is 18.7. The molecule has 0 aliphatic carbocycles. The Morgan fingerprint density at radius 2 is 1.41 bits per heavy atom. The lowest BCUT2D eigenvalue weighted by atomic mass is 9.98. The maximum absolute atomic E-state index is 12.2. The third-order valence-corrected chi connectivity index (χ3v) is 11.1. The molecule has 0 bridgehead atoms. The Kier molecular flexibility index (Phi) is 11.8. The van der Waals surface area contributed by atoms with Crippen molar-refractivity contribution in [1.29, 1.82) is 0 Å². The van der Waals surface area contributed by atoms with Crippen LogP contribution in [0.2, 0.25) is 19.1 Å². The zero-order valence-electron chi connectivity index (χ0n) is 24.4. The second-order valence-corrected chi connectivity index (χ2v) is 16.2. The Morgan fingerprint density at radius 3 is 2.00 bits per heavy atom. The first kappa shape index (κ1) is 30.6. The van der Waals surface area contributed by atoms with Gasteiger partial charge in [0.25, 0.3) is 0 Å². The predicted molar refractivity (Wildman–Crippen MR) is 168 cm³/mol. The van der Waals surface area contributed by atoms with Crippen molar-refractivity contribution in [3.63, 3.8) is 0 Å². The molecule has 208 valence electrons. The molecule has 3 nitrogen and oxygen atoms in total. The number of unbranched alkanes of at least 4 members (excludes halogenated alkanes) is 4. The van der Waals surface area contributed by atoms with Gasteiger partial charge < -0.3 is 9.84 Å². The fourth-order valence-electron chi connectivity index (χ4n) is 5.11. The number of aliphatic hydroxyl groups excluding tert-OH is 1. The molecule has 3 rings (SSSR count). The summed E-state index contributed by atoms with van der Waals surface area (Å²) in [6, 6.07) is 25.5. The van der Waals surface area contributed by atoms with Crippen molar-refractivity contribution in [3.8, 4) is 22.3 Å². The SMILES string of the molecule is C=C(C)C(=O)OCc1cc(-c2ccc(-c3ccc(CCCCC)cc3)cc2)ccc1[Si](C)(C)CCCCCO. The molecule has 3 aromatic carbocycles. The molecule has 1 N–H and O–H groups in total. The highest BCUT2D eigenvalue weighted by Gasteiger charge is 2.26. The Hall–Kier alpha value is -2.95. The third-order valence-electron chi connectivity index (χ3n) is 7.58. The first-order valence-corrected chi connectivity index (χ1v) is 17.7. The van der Waals surface area contributed by atoms with Gasteiger partial charge in [-0.2, -0.15) is 0 Å². The van der Waals surface area contributed by atoms with E-state index < -0.39 is 8.07 Å². The standard InChI is InChI=1S/C35H46O3Si/c1-6-7-9-12-28-13-15-29(16-14-28)30-17-19-31(20-18-30)32-21-22-34(39(4,5)24-11-8-10-23-36)33(25-32)26-38-35(37)27(2)3/h13-22,25,36H,2,6-12,23-24,26H2,1,3-5H3. The topological polar surface area (TPSA) is 46.5 Å². The molecule has 0 heterocycles. The molecule has 0 aliphatic heterocycles. The van der Waals surface area contributed by atoms with Gasteiger partial charge in [-0.15, -0.1) is 0 Å². The number of ether oxygens (including phenoxy) is 1. The van der Waals surface area contributed by atoms with E-state index in [1.54, 1.807) is 6.92 Å². The zero-order chi connectivity index (χ0) is 28.3. The molecule has 4 heteroatoms. The average molecular weight is 543 g/mol. The van der Waals surface area contributed by atoms with Crippen LogP contribution in [0, 0.1) is 0 Å². The van der Waals surface area contributed by atoms with Crippen LogP contribution in [0.4, 0.5) is 0 Å². The number of benzene rings is 3. The summed E-state index contributed by atoms with van der Waals surface area (Å²) in [5.41, 5.74) is 7.63. The van der Waals surface area contributed by atoms with Crippen LogP contribution in [0.15, 0.2) is 78.9 Å². The summed E-state index contributed by atoms with van der Waals surface area (Å²) >= 11 is 0. The Labute approximate surface area is 237 Å². The minimum absolute atomic E-state index is 0.252. The van der Waals surface area contributed by atoms with Gasteiger partial charge in [0.15, 0.2) is 0 Å². The van der Waals surface area contributed by atoms with Crippen molar-refractivity contribution in [2.24, 2.45) is 0 Å². The highest BCUT2D eigenvalue weighted by molar-refractivity contribution is 6.90. The quantitative estimate of drug-likeness (QED) is 0.0907. The van der Waals surface area contributed by atoms with Crippen molar-refractivity contribution in [1.82, 2.24) is 0 Å². The van der Waals surface area contributed by atoms with Crippen LogP contribution in [0.1, 0.15) is 63.5 Å². The van der Waals surface area contributed by atoms with Crippen LogP contribution in [0.3, 0.4) is 0 Å². The number of carbonyl (C=O) groups is 1. The van der Waals surface area contributed by atoms with Gasteiger partial charge in [-0.1, -0.05) is 124 Å². The van der Waals surface area contributed by atoms with Gasteiger partial charge in [0.1, 0.15) is 6.61 Å². The van der Waals surface area contributed by atoms with E-state index >= 15 is 0 Å². The molecular formula is C35H46O3Si. The second-order valence-electron chi connectivity index (χ2n) is 11.4. The summed E-state index contributed by atoms with van der Waals surface area (Å²) in [6.07, 6.45) is 7.93. The molecule has 0 atom stereocenters.